The molecule has 0 aliphatic heterocycles. The zero-order valence-electron chi connectivity index (χ0n) is 10.9. The van der Waals surface area contributed by atoms with Crippen molar-refractivity contribution in [3.8, 4) is 0 Å². The number of rotatable bonds is 6. The second kappa shape index (κ2) is 8.63. The van der Waals surface area contributed by atoms with Gasteiger partial charge in [0.2, 0.25) is 0 Å². The molecule has 0 unspecified atom stereocenters. The highest BCUT2D eigenvalue weighted by molar-refractivity contribution is 7.07. The summed E-state index contributed by atoms with van der Waals surface area (Å²) in [5.74, 6) is -0.0450. The number of carbonyl (C=O) groups excluding carboxylic acids is 1. The summed E-state index contributed by atoms with van der Waals surface area (Å²) < 4.78 is 3.72. The monoisotopic (exact) mass is 312 g/mol. The van der Waals surface area contributed by atoms with Crippen LogP contribution in [0.2, 0.25) is 0 Å². The van der Waals surface area contributed by atoms with E-state index in [1.54, 1.807) is 4.90 Å². The van der Waals surface area contributed by atoms with Crippen molar-refractivity contribution in [1.82, 2.24) is 14.5 Å². The molecule has 5 nitrogen and oxygen atoms in total. The maximum atomic E-state index is 12.2. The van der Waals surface area contributed by atoms with E-state index < -0.39 is 0 Å². The van der Waals surface area contributed by atoms with E-state index in [2.05, 4.69) is 21.7 Å². The zero-order valence-corrected chi connectivity index (χ0v) is 12.6. The van der Waals surface area contributed by atoms with Crippen LogP contribution >= 0.6 is 23.9 Å². The van der Waals surface area contributed by atoms with E-state index in [1.807, 2.05) is 18.2 Å². The van der Waals surface area contributed by atoms with Crippen molar-refractivity contribution in [2.24, 2.45) is 5.73 Å². The van der Waals surface area contributed by atoms with Crippen molar-refractivity contribution in [3.05, 3.63) is 47.0 Å². The third-order valence-electron chi connectivity index (χ3n) is 2.77. The standard InChI is InChI=1S/C13H16N4OS.ClH/c14-7-9-17(13(18)12-10-15-16-19-12)8-6-11-4-2-1-3-5-11;/h1-5,10H,6-9,14H2;1H. The van der Waals surface area contributed by atoms with Crippen LogP contribution in [0.25, 0.3) is 0 Å². The number of benzene rings is 1. The molecule has 2 rings (SSSR count). The number of hydrogen-bond acceptors (Lipinski definition) is 5. The Morgan fingerprint density at radius 1 is 1.25 bits per heavy atom. The van der Waals surface area contributed by atoms with Crippen LogP contribution in [0.3, 0.4) is 0 Å². The Balaban J connectivity index is 0.00000200. The summed E-state index contributed by atoms with van der Waals surface area (Å²) >= 11 is 1.11. The third-order valence-corrected chi connectivity index (χ3v) is 3.42. The van der Waals surface area contributed by atoms with Gasteiger partial charge in [0.1, 0.15) is 4.88 Å². The summed E-state index contributed by atoms with van der Waals surface area (Å²) in [4.78, 5) is 14.5. The fraction of sp³-hybridized carbons (Fsp3) is 0.308. The Labute approximate surface area is 128 Å². The molecule has 20 heavy (non-hydrogen) atoms. The SMILES string of the molecule is Cl.NCCN(CCc1ccccc1)C(=O)c1cnns1. The number of nitrogens with two attached hydrogens (primary N) is 1. The molecule has 108 valence electrons. The van der Waals surface area contributed by atoms with Crippen molar-refractivity contribution < 1.29 is 4.79 Å². The first-order valence-corrected chi connectivity index (χ1v) is 6.89. The molecule has 1 aromatic heterocycles. The highest BCUT2D eigenvalue weighted by Gasteiger charge is 2.16. The first-order chi connectivity index (χ1) is 9.31. The smallest absolute Gasteiger partial charge is 0.267 e. The van der Waals surface area contributed by atoms with Crippen LogP contribution in [-0.2, 0) is 6.42 Å². The Kier molecular flexibility index (Phi) is 7.14. The molecule has 0 aliphatic rings. The third kappa shape index (κ3) is 4.56. The molecule has 0 saturated carbocycles. The van der Waals surface area contributed by atoms with Crippen LogP contribution in [0.1, 0.15) is 15.2 Å². The van der Waals surface area contributed by atoms with Crippen molar-refractivity contribution in [2.45, 2.75) is 6.42 Å². The average Bonchev–Trinajstić information content (AvgIpc) is 2.98. The van der Waals surface area contributed by atoms with E-state index in [1.165, 1.54) is 11.8 Å². The van der Waals surface area contributed by atoms with E-state index in [9.17, 15) is 4.79 Å². The number of halogens is 1. The topological polar surface area (TPSA) is 72.1 Å². The van der Waals surface area contributed by atoms with Gasteiger partial charge >= 0.3 is 0 Å². The Hall–Kier alpha value is -1.50. The predicted octanol–water partition coefficient (Wildman–Crippen LogP) is 1.60. The van der Waals surface area contributed by atoms with Gasteiger partial charge in [0.05, 0.1) is 6.20 Å². The van der Waals surface area contributed by atoms with Gasteiger partial charge in [-0.1, -0.05) is 34.8 Å². The van der Waals surface area contributed by atoms with Gasteiger partial charge in [-0.15, -0.1) is 17.5 Å². The summed E-state index contributed by atoms with van der Waals surface area (Å²) in [7, 11) is 0. The first-order valence-electron chi connectivity index (χ1n) is 6.12. The average molecular weight is 313 g/mol. The van der Waals surface area contributed by atoms with Crippen LogP contribution in [0.5, 0.6) is 0 Å². The molecule has 0 radical (unpaired) electrons. The zero-order chi connectivity index (χ0) is 13.5. The first kappa shape index (κ1) is 16.6. The minimum atomic E-state index is -0.0450. The molecule has 1 amide bonds. The van der Waals surface area contributed by atoms with Crippen LogP contribution in [-0.4, -0.2) is 40.0 Å². The fourth-order valence-electron chi connectivity index (χ4n) is 1.80. The van der Waals surface area contributed by atoms with Crippen molar-refractivity contribution >= 4 is 29.8 Å². The molecule has 1 heterocycles. The van der Waals surface area contributed by atoms with Gasteiger partial charge in [0.15, 0.2) is 0 Å². The van der Waals surface area contributed by atoms with E-state index in [-0.39, 0.29) is 18.3 Å². The van der Waals surface area contributed by atoms with Crippen LogP contribution < -0.4 is 5.73 Å². The van der Waals surface area contributed by atoms with Gasteiger partial charge in [0, 0.05) is 19.6 Å². The molecule has 2 aromatic rings. The van der Waals surface area contributed by atoms with Gasteiger partial charge in [-0.25, -0.2) is 0 Å². The maximum Gasteiger partial charge on any atom is 0.267 e. The maximum absolute atomic E-state index is 12.2. The van der Waals surface area contributed by atoms with E-state index in [0.717, 1.165) is 18.0 Å². The summed E-state index contributed by atoms with van der Waals surface area (Å²) in [6.07, 6.45) is 2.32. The molecule has 2 N–H and O–H groups in total. The van der Waals surface area contributed by atoms with Crippen LogP contribution in [0.4, 0.5) is 0 Å². The van der Waals surface area contributed by atoms with Gasteiger partial charge in [-0.05, 0) is 23.5 Å². The quantitative estimate of drug-likeness (QED) is 0.879. The second-order valence-electron chi connectivity index (χ2n) is 4.10. The van der Waals surface area contributed by atoms with Gasteiger partial charge < -0.3 is 10.6 Å². The van der Waals surface area contributed by atoms with E-state index in [0.29, 0.717) is 24.5 Å². The minimum absolute atomic E-state index is 0. The highest BCUT2D eigenvalue weighted by atomic mass is 35.5. The molecule has 7 heteroatoms. The number of carbonyl (C=O) groups is 1. The van der Waals surface area contributed by atoms with Crippen molar-refractivity contribution in [1.29, 1.82) is 0 Å². The summed E-state index contributed by atoms with van der Waals surface area (Å²) in [6, 6.07) is 10.1. The molecule has 0 atom stereocenters. The normalized spacial score (nSPS) is 9.85. The summed E-state index contributed by atoms with van der Waals surface area (Å²) in [5, 5.41) is 3.69. The highest BCUT2D eigenvalue weighted by Crippen LogP contribution is 2.09. The van der Waals surface area contributed by atoms with Crippen molar-refractivity contribution in [3.63, 3.8) is 0 Å². The Morgan fingerprint density at radius 3 is 2.60 bits per heavy atom. The van der Waals surface area contributed by atoms with Crippen molar-refractivity contribution in [2.75, 3.05) is 19.6 Å². The second-order valence-corrected chi connectivity index (χ2v) is 4.88. The molecule has 0 spiro atoms. The lowest BCUT2D eigenvalue weighted by molar-refractivity contribution is 0.0766. The minimum Gasteiger partial charge on any atom is -0.336 e. The number of nitrogens with zero attached hydrogens (tertiary/aromatic N) is 3. The van der Waals surface area contributed by atoms with Crippen LogP contribution in [0.15, 0.2) is 36.5 Å². The van der Waals surface area contributed by atoms with Crippen LogP contribution in [0, 0.1) is 0 Å². The molecule has 1 aromatic carbocycles. The molecular weight excluding hydrogens is 296 g/mol. The lowest BCUT2D eigenvalue weighted by atomic mass is 10.1. The Morgan fingerprint density at radius 2 is 2.00 bits per heavy atom. The Bertz CT molecular complexity index is 506. The number of amides is 1. The van der Waals surface area contributed by atoms with Gasteiger partial charge in [0.25, 0.3) is 5.91 Å². The van der Waals surface area contributed by atoms with E-state index >= 15 is 0 Å². The van der Waals surface area contributed by atoms with Gasteiger partial charge in [-0.2, -0.15) is 0 Å². The lowest BCUT2D eigenvalue weighted by Gasteiger charge is -2.21. The molecule has 0 fully saturated rings. The predicted molar refractivity (Wildman–Crippen MR) is 82.3 cm³/mol. The molecular formula is C13H17ClN4OS. The molecule has 0 saturated heterocycles. The number of aromatic nitrogens is 2. The molecule has 0 aliphatic carbocycles. The summed E-state index contributed by atoms with van der Waals surface area (Å²) in [6.45, 7) is 1.65. The largest absolute Gasteiger partial charge is 0.336 e. The summed E-state index contributed by atoms with van der Waals surface area (Å²) in [5.41, 5.74) is 6.78. The van der Waals surface area contributed by atoms with Gasteiger partial charge in [-0.3, -0.25) is 4.79 Å². The molecule has 0 bridgehead atoms. The van der Waals surface area contributed by atoms with E-state index in [4.69, 9.17) is 5.73 Å². The number of hydrogen-bond donors (Lipinski definition) is 1. The lowest BCUT2D eigenvalue weighted by Crippen LogP contribution is -2.36. The fourth-order valence-corrected chi connectivity index (χ4v) is 2.28.